The van der Waals surface area contributed by atoms with Crippen molar-refractivity contribution in [2.24, 2.45) is 0 Å². The second kappa shape index (κ2) is 8.10. The van der Waals surface area contributed by atoms with Gasteiger partial charge in [-0.05, 0) is 36.1 Å². The third-order valence-corrected chi connectivity index (χ3v) is 3.80. The average molecular weight is 328 g/mol. The summed E-state index contributed by atoms with van der Waals surface area (Å²) < 4.78 is 5.37. The van der Waals surface area contributed by atoms with E-state index in [-0.39, 0.29) is 18.2 Å². The molecule has 0 fully saturated rings. The maximum atomic E-state index is 12.1. The van der Waals surface area contributed by atoms with Crippen LogP contribution in [0.25, 0.3) is 0 Å². The third-order valence-electron chi connectivity index (χ3n) is 3.80. The molecule has 126 valence electrons. The lowest BCUT2D eigenvalue weighted by Gasteiger charge is -2.15. The van der Waals surface area contributed by atoms with Gasteiger partial charge >= 0.3 is 0 Å². The predicted molar refractivity (Wildman–Crippen MR) is 92.4 cm³/mol. The number of nitrogens with zero attached hydrogens (tertiary/aromatic N) is 1. The molecule has 6 heteroatoms. The van der Waals surface area contributed by atoms with Crippen molar-refractivity contribution in [3.63, 3.8) is 0 Å². The average Bonchev–Trinajstić information content (AvgIpc) is 2.60. The van der Waals surface area contributed by atoms with Crippen LogP contribution in [0.5, 0.6) is 5.75 Å². The van der Waals surface area contributed by atoms with Crippen molar-refractivity contribution in [2.45, 2.75) is 26.2 Å². The number of hydrogen-bond acceptors (Lipinski definition) is 4. The molecule has 0 unspecified atom stereocenters. The van der Waals surface area contributed by atoms with E-state index in [0.717, 1.165) is 17.7 Å². The molecule has 0 aliphatic rings. The fraction of sp³-hybridized carbons (Fsp3) is 0.278. The number of ether oxygens (including phenoxy) is 1. The molecule has 0 heterocycles. The van der Waals surface area contributed by atoms with E-state index >= 15 is 0 Å². The molecule has 2 aromatic carbocycles. The van der Waals surface area contributed by atoms with Crippen molar-refractivity contribution in [3.8, 4) is 5.75 Å². The Hall–Kier alpha value is -2.89. The van der Waals surface area contributed by atoms with Crippen molar-refractivity contribution < 1.29 is 14.5 Å². The SMILES string of the molecule is CC[C@@H](C)c1ccccc1NC(=O)COc1ccc([N+](=O)[O-])cc1. The predicted octanol–water partition coefficient (Wildman–Crippen LogP) is 4.13. The zero-order valence-corrected chi connectivity index (χ0v) is 13.7. The molecular weight excluding hydrogens is 308 g/mol. The smallest absolute Gasteiger partial charge is 0.269 e. The summed E-state index contributed by atoms with van der Waals surface area (Å²) in [4.78, 5) is 22.2. The highest BCUT2D eigenvalue weighted by molar-refractivity contribution is 5.92. The van der Waals surface area contributed by atoms with Gasteiger partial charge in [0.25, 0.3) is 11.6 Å². The topological polar surface area (TPSA) is 81.5 Å². The fourth-order valence-corrected chi connectivity index (χ4v) is 2.26. The van der Waals surface area contributed by atoms with Crippen molar-refractivity contribution >= 4 is 17.3 Å². The number of anilines is 1. The van der Waals surface area contributed by atoms with Crippen LogP contribution in [0.2, 0.25) is 0 Å². The minimum atomic E-state index is -0.484. The van der Waals surface area contributed by atoms with Crippen LogP contribution in [0.15, 0.2) is 48.5 Å². The third kappa shape index (κ3) is 4.55. The molecule has 2 aromatic rings. The number of nitro groups is 1. The zero-order valence-electron chi connectivity index (χ0n) is 13.7. The van der Waals surface area contributed by atoms with Crippen LogP contribution in [0, 0.1) is 10.1 Å². The van der Waals surface area contributed by atoms with Crippen molar-refractivity contribution in [2.75, 3.05) is 11.9 Å². The molecular formula is C18H20N2O4. The molecule has 6 nitrogen and oxygen atoms in total. The number of amides is 1. The van der Waals surface area contributed by atoms with Crippen molar-refractivity contribution in [3.05, 3.63) is 64.2 Å². The van der Waals surface area contributed by atoms with Gasteiger partial charge in [-0.3, -0.25) is 14.9 Å². The van der Waals surface area contributed by atoms with Gasteiger partial charge < -0.3 is 10.1 Å². The van der Waals surface area contributed by atoms with Gasteiger partial charge in [-0.25, -0.2) is 0 Å². The van der Waals surface area contributed by atoms with E-state index in [1.807, 2.05) is 24.3 Å². The highest BCUT2D eigenvalue weighted by atomic mass is 16.6. The first-order valence-electron chi connectivity index (χ1n) is 7.77. The van der Waals surface area contributed by atoms with Crippen molar-refractivity contribution in [1.29, 1.82) is 0 Å². The Morgan fingerprint density at radius 3 is 2.50 bits per heavy atom. The van der Waals surface area contributed by atoms with E-state index in [9.17, 15) is 14.9 Å². The Balaban J connectivity index is 1.95. The first kappa shape index (κ1) is 17.5. The van der Waals surface area contributed by atoms with Crippen LogP contribution in [0.1, 0.15) is 31.7 Å². The summed E-state index contributed by atoms with van der Waals surface area (Å²) in [6.07, 6.45) is 0.978. The molecule has 1 amide bonds. The summed E-state index contributed by atoms with van der Waals surface area (Å²) in [5.74, 6) is 0.479. The summed E-state index contributed by atoms with van der Waals surface area (Å²) >= 11 is 0. The van der Waals surface area contributed by atoms with Gasteiger partial charge in [0.15, 0.2) is 6.61 Å². The lowest BCUT2D eigenvalue weighted by molar-refractivity contribution is -0.384. The maximum absolute atomic E-state index is 12.1. The van der Waals surface area contributed by atoms with Crippen LogP contribution >= 0.6 is 0 Å². The Labute approximate surface area is 140 Å². The van der Waals surface area contributed by atoms with Crippen LogP contribution in [0.3, 0.4) is 0 Å². The molecule has 0 spiro atoms. The summed E-state index contributed by atoms with van der Waals surface area (Å²) in [5, 5.41) is 13.4. The fourth-order valence-electron chi connectivity index (χ4n) is 2.26. The summed E-state index contributed by atoms with van der Waals surface area (Å²) in [5.41, 5.74) is 1.85. The highest BCUT2D eigenvalue weighted by Gasteiger charge is 2.12. The van der Waals surface area contributed by atoms with Crippen molar-refractivity contribution in [1.82, 2.24) is 0 Å². The molecule has 0 aliphatic carbocycles. The minimum Gasteiger partial charge on any atom is -0.484 e. The molecule has 2 rings (SSSR count). The van der Waals surface area contributed by atoms with Gasteiger partial charge in [0.1, 0.15) is 5.75 Å². The first-order valence-corrected chi connectivity index (χ1v) is 7.77. The van der Waals surface area contributed by atoms with Crippen LogP contribution < -0.4 is 10.1 Å². The standard InChI is InChI=1S/C18H20N2O4/c1-3-13(2)16-6-4-5-7-17(16)19-18(21)12-24-15-10-8-14(9-11-15)20(22)23/h4-11,13H,3,12H2,1-2H3,(H,19,21)/t13-/m1/s1. The molecule has 24 heavy (non-hydrogen) atoms. The molecule has 1 atom stereocenters. The Morgan fingerprint density at radius 2 is 1.88 bits per heavy atom. The van der Waals surface area contributed by atoms with E-state index in [1.54, 1.807) is 0 Å². The summed E-state index contributed by atoms with van der Waals surface area (Å²) in [7, 11) is 0. The number of carbonyl (C=O) groups is 1. The second-order valence-electron chi connectivity index (χ2n) is 5.48. The van der Waals surface area contributed by atoms with Crippen LogP contribution in [-0.4, -0.2) is 17.4 Å². The Bertz CT molecular complexity index is 713. The van der Waals surface area contributed by atoms with Gasteiger partial charge in [0.2, 0.25) is 0 Å². The van der Waals surface area contributed by atoms with E-state index < -0.39 is 4.92 Å². The van der Waals surface area contributed by atoms with E-state index in [0.29, 0.717) is 11.7 Å². The largest absolute Gasteiger partial charge is 0.484 e. The Morgan fingerprint density at radius 1 is 1.21 bits per heavy atom. The summed E-state index contributed by atoms with van der Waals surface area (Å²) in [6.45, 7) is 4.05. The van der Waals surface area contributed by atoms with Crippen LogP contribution in [-0.2, 0) is 4.79 Å². The molecule has 0 radical (unpaired) electrons. The van der Waals surface area contributed by atoms with Gasteiger partial charge in [-0.1, -0.05) is 32.0 Å². The quantitative estimate of drug-likeness (QED) is 0.612. The molecule has 1 N–H and O–H groups in total. The van der Waals surface area contributed by atoms with Gasteiger partial charge in [0, 0.05) is 17.8 Å². The second-order valence-corrected chi connectivity index (χ2v) is 5.48. The number of nitrogens with one attached hydrogen (secondary N) is 1. The molecule has 0 saturated heterocycles. The molecule has 0 aliphatic heterocycles. The van der Waals surface area contributed by atoms with E-state index in [1.165, 1.54) is 24.3 Å². The minimum absolute atomic E-state index is 0.0192. The van der Waals surface area contributed by atoms with E-state index in [4.69, 9.17) is 4.74 Å². The lowest BCUT2D eigenvalue weighted by Crippen LogP contribution is -2.21. The van der Waals surface area contributed by atoms with Gasteiger partial charge in [-0.15, -0.1) is 0 Å². The van der Waals surface area contributed by atoms with Crippen LogP contribution in [0.4, 0.5) is 11.4 Å². The monoisotopic (exact) mass is 328 g/mol. The zero-order chi connectivity index (χ0) is 17.5. The highest BCUT2D eigenvalue weighted by Crippen LogP contribution is 2.26. The number of para-hydroxylation sites is 1. The number of nitro benzene ring substituents is 1. The number of carbonyl (C=O) groups excluding carboxylic acids is 1. The maximum Gasteiger partial charge on any atom is 0.269 e. The normalized spacial score (nSPS) is 11.6. The van der Waals surface area contributed by atoms with E-state index in [2.05, 4.69) is 19.2 Å². The Kier molecular flexibility index (Phi) is 5.89. The molecule has 0 bridgehead atoms. The number of non-ortho nitro benzene ring substituents is 1. The van der Waals surface area contributed by atoms with Gasteiger partial charge in [0.05, 0.1) is 4.92 Å². The summed E-state index contributed by atoms with van der Waals surface area (Å²) in [6, 6.07) is 13.3. The first-order chi connectivity index (χ1) is 11.5. The number of benzene rings is 2. The number of rotatable bonds is 7. The lowest BCUT2D eigenvalue weighted by atomic mass is 9.97. The molecule has 0 aromatic heterocycles. The molecule has 0 saturated carbocycles. The van der Waals surface area contributed by atoms with Gasteiger partial charge in [-0.2, -0.15) is 0 Å². The number of hydrogen-bond donors (Lipinski definition) is 1.